The van der Waals surface area contributed by atoms with E-state index in [0.29, 0.717) is 6.04 Å². The number of hydrogen-bond donors (Lipinski definition) is 1. The third-order valence-corrected chi connectivity index (χ3v) is 3.81. The van der Waals surface area contributed by atoms with E-state index in [0.717, 1.165) is 10.6 Å². The van der Waals surface area contributed by atoms with Gasteiger partial charge in [-0.2, -0.15) is 0 Å². The second-order valence-corrected chi connectivity index (χ2v) is 4.96. The van der Waals surface area contributed by atoms with Crippen LogP contribution in [0.3, 0.4) is 0 Å². The fourth-order valence-electron chi connectivity index (χ4n) is 2.06. The summed E-state index contributed by atoms with van der Waals surface area (Å²) in [5.74, 6) is 0. The molecule has 1 nitrogen and oxygen atoms in total. The summed E-state index contributed by atoms with van der Waals surface area (Å²) < 4.78 is 0. The summed E-state index contributed by atoms with van der Waals surface area (Å²) in [6.07, 6.45) is 0. The van der Waals surface area contributed by atoms with E-state index in [9.17, 15) is 0 Å². The standard InChI is InChI=1S/C16H18ClN/c1-11-15(8-5-9-16(11)17)14-7-4-6-13(10-14)12(2)18-3/h4-10,12,18H,1-3H3. The summed E-state index contributed by atoms with van der Waals surface area (Å²) in [7, 11) is 1.97. The van der Waals surface area contributed by atoms with Crippen LogP contribution in [0.2, 0.25) is 5.02 Å². The van der Waals surface area contributed by atoms with Crippen LogP contribution in [0.1, 0.15) is 24.1 Å². The third kappa shape index (κ3) is 2.58. The number of halogens is 1. The minimum atomic E-state index is 0.351. The Kier molecular flexibility index (Phi) is 4.05. The zero-order valence-electron chi connectivity index (χ0n) is 11.0. The Morgan fingerprint density at radius 1 is 1.11 bits per heavy atom. The molecule has 18 heavy (non-hydrogen) atoms. The van der Waals surface area contributed by atoms with Crippen LogP contribution in [0.4, 0.5) is 0 Å². The zero-order valence-corrected chi connectivity index (χ0v) is 11.8. The van der Waals surface area contributed by atoms with Crippen molar-refractivity contribution in [2.24, 2.45) is 0 Å². The van der Waals surface area contributed by atoms with Crippen molar-refractivity contribution in [2.75, 3.05) is 7.05 Å². The average Bonchev–Trinajstić information content (AvgIpc) is 2.41. The van der Waals surface area contributed by atoms with Crippen LogP contribution < -0.4 is 5.32 Å². The minimum Gasteiger partial charge on any atom is -0.313 e. The fourth-order valence-corrected chi connectivity index (χ4v) is 2.24. The Hall–Kier alpha value is -1.31. The van der Waals surface area contributed by atoms with E-state index < -0.39 is 0 Å². The first-order valence-corrected chi connectivity index (χ1v) is 6.54. The molecule has 0 amide bonds. The lowest BCUT2D eigenvalue weighted by Crippen LogP contribution is -2.12. The maximum Gasteiger partial charge on any atom is 0.0441 e. The molecule has 0 fully saturated rings. The van der Waals surface area contributed by atoms with E-state index in [-0.39, 0.29) is 0 Å². The van der Waals surface area contributed by atoms with E-state index in [4.69, 9.17) is 11.6 Å². The molecule has 0 aliphatic rings. The number of nitrogens with one attached hydrogen (secondary N) is 1. The van der Waals surface area contributed by atoms with Gasteiger partial charge in [0.05, 0.1) is 0 Å². The maximum absolute atomic E-state index is 6.18. The molecular formula is C16H18ClN. The first-order chi connectivity index (χ1) is 8.63. The Morgan fingerprint density at radius 3 is 2.56 bits per heavy atom. The van der Waals surface area contributed by atoms with Crippen molar-refractivity contribution < 1.29 is 0 Å². The topological polar surface area (TPSA) is 12.0 Å². The molecule has 0 saturated carbocycles. The number of benzene rings is 2. The van der Waals surface area contributed by atoms with E-state index in [1.54, 1.807) is 0 Å². The van der Waals surface area contributed by atoms with Crippen molar-refractivity contribution in [2.45, 2.75) is 19.9 Å². The molecule has 1 unspecified atom stereocenters. The molecule has 0 radical (unpaired) electrons. The van der Waals surface area contributed by atoms with E-state index in [2.05, 4.69) is 49.5 Å². The van der Waals surface area contributed by atoms with Crippen LogP contribution in [0.25, 0.3) is 11.1 Å². The Morgan fingerprint density at radius 2 is 1.83 bits per heavy atom. The summed E-state index contributed by atoms with van der Waals surface area (Å²) >= 11 is 6.18. The van der Waals surface area contributed by atoms with Gasteiger partial charge in [0, 0.05) is 11.1 Å². The molecule has 0 saturated heterocycles. The highest BCUT2D eigenvalue weighted by Crippen LogP contribution is 2.29. The molecule has 0 spiro atoms. The molecule has 1 atom stereocenters. The average molecular weight is 260 g/mol. The van der Waals surface area contributed by atoms with Gasteiger partial charge in [0.1, 0.15) is 0 Å². The van der Waals surface area contributed by atoms with Crippen LogP contribution in [-0.4, -0.2) is 7.05 Å². The summed E-state index contributed by atoms with van der Waals surface area (Å²) in [5.41, 5.74) is 4.84. The van der Waals surface area contributed by atoms with Crippen LogP contribution in [-0.2, 0) is 0 Å². The number of rotatable bonds is 3. The van der Waals surface area contributed by atoms with E-state index in [1.165, 1.54) is 16.7 Å². The largest absolute Gasteiger partial charge is 0.313 e. The molecule has 0 heterocycles. The van der Waals surface area contributed by atoms with Crippen LogP contribution in [0.5, 0.6) is 0 Å². The smallest absolute Gasteiger partial charge is 0.0441 e. The van der Waals surface area contributed by atoms with Gasteiger partial charge in [0.2, 0.25) is 0 Å². The van der Waals surface area contributed by atoms with Gasteiger partial charge in [-0.15, -0.1) is 0 Å². The van der Waals surface area contributed by atoms with Crippen LogP contribution in [0, 0.1) is 6.92 Å². The highest BCUT2D eigenvalue weighted by atomic mass is 35.5. The van der Waals surface area contributed by atoms with Gasteiger partial charge < -0.3 is 5.32 Å². The lowest BCUT2D eigenvalue weighted by molar-refractivity contribution is 0.652. The van der Waals surface area contributed by atoms with Gasteiger partial charge in [-0.1, -0.05) is 41.9 Å². The number of hydrogen-bond acceptors (Lipinski definition) is 1. The molecule has 0 aliphatic heterocycles. The lowest BCUT2D eigenvalue weighted by Gasteiger charge is -2.13. The SMILES string of the molecule is CNC(C)c1cccc(-c2cccc(Cl)c2C)c1. The quantitative estimate of drug-likeness (QED) is 0.850. The third-order valence-electron chi connectivity index (χ3n) is 3.40. The predicted molar refractivity (Wildman–Crippen MR) is 79.1 cm³/mol. The van der Waals surface area contributed by atoms with Crippen molar-refractivity contribution in [1.82, 2.24) is 5.32 Å². The van der Waals surface area contributed by atoms with Gasteiger partial charge in [0.15, 0.2) is 0 Å². The highest BCUT2D eigenvalue weighted by molar-refractivity contribution is 6.31. The molecule has 0 bridgehead atoms. The molecule has 2 rings (SSSR count). The van der Waals surface area contributed by atoms with Crippen molar-refractivity contribution in [1.29, 1.82) is 0 Å². The van der Waals surface area contributed by atoms with Gasteiger partial charge >= 0.3 is 0 Å². The monoisotopic (exact) mass is 259 g/mol. The molecular weight excluding hydrogens is 242 g/mol. The predicted octanol–water partition coefficient (Wildman–Crippen LogP) is 4.60. The van der Waals surface area contributed by atoms with Gasteiger partial charge in [-0.25, -0.2) is 0 Å². The van der Waals surface area contributed by atoms with Gasteiger partial charge in [-0.05, 0) is 55.3 Å². The Bertz CT molecular complexity index is 549. The summed E-state index contributed by atoms with van der Waals surface area (Å²) in [4.78, 5) is 0. The second kappa shape index (κ2) is 5.55. The molecule has 94 valence electrons. The highest BCUT2D eigenvalue weighted by Gasteiger charge is 2.07. The Balaban J connectivity index is 2.48. The lowest BCUT2D eigenvalue weighted by atomic mass is 9.97. The molecule has 2 heteroatoms. The minimum absolute atomic E-state index is 0.351. The van der Waals surface area contributed by atoms with Gasteiger partial charge in [-0.3, -0.25) is 0 Å². The Labute approximate surface area is 114 Å². The van der Waals surface area contributed by atoms with Crippen molar-refractivity contribution >= 4 is 11.6 Å². The molecule has 2 aromatic carbocycles. The van der Waals surface area contributed by atoms with Crippen molar-refractivity contribution in [3.05, 3.63) is 58.6 Å². The molecule has 2 aromatic rings. The normalized spacial score (nSPS) is 12.4. The maximum atomic E-state index is 6.18. The summed E-state index contributed by atoms with van der Waals surface area (Å²) in [6.45, 7) is 4.22. The molecule has 0 aliphatic carbocycles. The van der Waals surface area contributed by atoms with Crippen LogP contribution >= 0.6 is 11.6 Å². The summed E-state index contributed by atoms with van der Waals surface area (Å²) in [6, 6.07) is 15.0. The first kappa shape index (κ1) is 13.1. The zero-order chi connectivity index (χ0) is 13.1. The van der Waals surface area contributed by atoms with Crippen molar-refractivity contribution in [3.63, 3.8) is 0 Å². The second-order valence-electron chi connectivity index (χ2n) is 4.55. The van der Waals surface area contributed by atoms with Crippen LogP contribution in [0.15, 0.2) is 42.5 Å². The van der Waals surface area contributed by atoms with E-state index >= 15 is 0 Å². The first-order valence-electron chi connectivity index (χ1n) is 6.16. The fraction of sp³-hybridized carbons (Fsp3) is 0.250. The van der Waals surface area contributed by atoms with Gasteiger partial charge in [0.25, 0.3) is 0 Å². The molecule has 1 N–H and O–H groups in total. The van der Waals surface area contributed by atoms with Crippen molar-refractivity contribution in [3.8, 4) is 11.1 Å². The summed E-state index contributed by atoms with van der Waals surface area (Å²) in [5, 5.41) is 4.08. The van der Waals surface area contributed by atoms with E-state index in [1.807, 2.05) is 19.2 Å². The molecule has 0 aromatic heterocycles.